The Bertz CT molecular complexity index is 1550. The Morgan fingerprint density at radius 2 is 1.48 bits per heavy atom. The molecule has 4 aromatic carbocycles. The number of benzene rings is 4. The lowest BCUT2D eigenvalue weighted by Crippen LogP contribution is -2.49. The smallest absolute Gasteiger partial charge is 0.119 e. The van der Waals surface area contributed by atoms with E-state index in [0.29, 0.717) is 11.6 Å². The van der Waals surface area contributed by atoms with Crippen molar-refractivity contribution in [2.75, 3.05) is 44.2 Å². The topological polar surface area (TPSA) is 48.8 Å². The molecule has 5 aromatic rings. The van der Waals surface area contributed by atoms with Crippen LogP contribution < -0.4 is 9.64 Å². The fourth-order valence-electron chi connectivity index (χ4n) is 5.29. The third-order valence-electron chi connectivity index (χ3n) is 7.41. The molecule has 1 aliphatic heterocycles. The number of ether oxygens (including phenoxy) is 1. The number of anilines is 1. The SMILES string of the molecule is OC(COc1ccc(-c2cc(-c3ccccc3)c3cc(Cl)ccc3n2)cc1)CN1CCN(c2ccccc2)CC1. The molecule has 1 saturated heterocycles. The Morgan fingerprint density at radius 3 is 2.20 bits per heavy atom. The summed E-state index contributed by atoms with van der Waals surface area (Å²) in [5.41, 5.74) is 6.25. The summed E-state index contributed by atoms with van der Waals surface area (Å²) in [5.74, 6) is 0.729. The lowest BCUT2D eigenvalue weighted by Gasteiger charge is -2.36. The second-order valence-corrected chi connectivity index (χ2v) is 10.6. The Kier molecular flexibility index (Phi) is 7.96. The minimum Gasteiger partial charge on any atom is -0.491 e. The van der Waals surface area contributed by atoms with E-state index in [9.17, 15) is 5.11 Å². The monoisotopic (exact) mass is 549 g/mol. The van der Waals surface area contributed by atoms with Crippen LogP contribution in [0.15, 0.2) is 109 Å². The molecule has 1 fully saturated rings. The lowest BCUT2D eigenvalue weighted by molar-refractivity contribution is 0.0663. The number of hydrogen-bond donors (Lipinski definition) is 1. The number of aliphatic hydroxyl groups is 1. The summed E-state index contributed by atoms with van der Waals surface area (Å²) in [6.07, 6.45) is -0.551. The Morgan fingerprint density at radius 1 is 0.775 bits per heavy atom. The van der Waals surface area contributed by atoms with Gasteiger partial charge in [-0.05, 0) is 71.8 Å². The number of nitrogens with zero attached hydrogens (tertiary/aromatic N) is 3. The van der Waals surface area contributed by atoms with E-state index in [4.69, 9.17) is 21.3 Å². The first-order valence-corrected chi connectivity index (χ1v) is 14.1. The highest BCUT2D eigenvalue weighted by Gasteiger charge is 2.20. The summed E-state index contributed by atoms with van der Waals surface area (Å²) >= 11 is 6.32. The van der Waals surface area contributed by atoms with Gasteiger partial charge >= 0.3 is 0 Å². The van der Waals surface area contributed by atoms with E-state index >= 15 is 0 Å². The third kappa shape index (κ3) is 6.13. The van der Waals surface area contributed by atoms with Gasteiger partial charge in [-0.25, -0.2) is 4.98 Å². The van der Waals surface area contributed by atoms with Gasteiger partial charge in [0.05, 0.1) is 11.2 Å². The maximum absolute atomic E-state index is 10.6. The standard InChI is InChI=1S/C34H32ClN3O2/c35-27-13-16-33-32(21-27)31(25-7-3-1-4-8-25)22-34(36-33)26-11-14-30(15-12-26)40-24-29(39)23-37-17-19-38(20-18-37)28-9-5-2-6-10-28/h1-16,21-22,29,39H,17-20,23-24H2. The van der Waals surface area contributed by atoms with Crippen molar-refractivity contribution in [1.82, 2.24) is 9.88 Å². The van der Waals surface area contributed by atoms with E-state index in [2.05, 4.69) is 52.3 Å². The molecular weight excluding hydrogens is 518 g/mol. The molecule has 1 N–H and O–H groups in total. The second-order valence-electron chi connectivity index (χ2n) is 10.2. The van der Waals surface area contributed by atoms with Crippen LogP contribution in [0.25, 0.3) is 33.3 Å². The molecule has 1 aliphatic rings. The molecule has 5 nitrogen and oxygen atoms in total. The van der Waals surface area contributed by atoms with Crippen molar-refractivity contribution in [2.24, 2.45) is 0 Å². The van der Waals surface area contributed by atoms with Gasteiger partial charge in [0.1, 0.15) is 18.5 Å². The van der Waals surface area contributed by atoms with Crippen molar-refractivity contribution >= 4 is 28.2 Å². The van der Waals surface area contributed by atoms with Crippen LogP contribution in [0.4, 0.5) is 5.69 Å². The van der Waals surface area contributed by atoms with Crippen LogP contribution in [-0.4, -0.2) is 60.4 Å². The number of fused-ring (bicyclic) bond motifs is 1. The molecule has 0 radical (unpaired) electrons. The predicted molar refractivity (Wildman–Crippen MR) is 164 cm³/mol. The third-order valence-corrected chi connectivity index (χ3v) is 7.65. The fraction of sp³-hybridized carbons (Fsp3) is 0.206. The molecule has 0 saturated carbocycles. The zero-order valence-electron chi connectivity index (χ0n) is 22.3. The first-order chi connectivity index (χ1) is 19.6. The summed E-state index contributed by atoms with van der Waals surface area (Å²) in [5, 5.41) is 12.4. The number of hydrogen-bond acceptors (Lipinski definition) is 5. The highest BCUT2D eigenvalue weighted by atomic mass is 35.5. The second kappa shape index (κ2) is 12.1. The first-order valence-electron chi connectivity index (χ1n) is 13.7. The van der Waals surface area contributed by atoms with Crippen LogP contribution in [0.2, 0.25) is 5.02 Å². The van der Waals surface area contributed by atoms with Gasteiger partial charge in [0, 0.05) is 54.4 Å². The molecule has 0 aliphatic carbocycles. The van der Waals surface area contributed by atoms with Crippen LogP contribution >= 0.6 is 11.6 Å². The van der Waals surface area contributed by atoms with Crippen LogP contribution in [0.1, 0.15) is 0 Å². The van der Waals surface area contributed by atoms with Crippen molar-refractivity contribution in [1.29, 1.82) is 0 Å². The number of pyridine rings is 1. The minimum atomic E-state index is -0.551. The summed E-state index contributed by atoms with van der Waals surface area (Å²) in [7, 11) is 0. The summed E-state index contributed by atoms with van der Waals surface area (Å²) in [6, 6.07) is 36.6. The molecule has 40 heavy (non-hydrogen) atoms. The number of para-hydroxylation sites is 1. The zero-order chi connectivity index (χ0) is 27.3. The van der Waals surface area contributed by atoms with E-state index < -0.39 is 6.10 Å². The quantitative estimate of drug-likeness (QED) is 0.231. The molecular formula is C34H32ClN3O2. The van der Waals surface area contributed by atoms with Crippen LogP contribution in [0, 0.1) is 0 Å². The van der Waals surface area contributed by atoms with Gasteiger partial charge in [-0.1, -0.05) is 60.1 Å². The number of piperazine rings is 1. The average molecular weight is 550 g/mol. The molecule has 6 heteroatoms. The van der Waals surface area contributed by atoms with Gasteiger partial charge in [0.15, 0.2) is 0 Å². The number of aliphatic hydroxyl groups excluding tert-OH is 1. The van der Waals surface area contributed by atoms with Crippen molar-refractivity contribution < 1.29 is 9.84 Å². The Labute approximate surface area is 240 Å². The molecule has 6 rings (SSSR count). The van der Waals surface area contributed by atoms with Crippen LogP contribution in [-0.2, 0) is 0 Å². The van der Waals surface area contributed by atoms with E-state index in [-0.39, 0.29) is 6.61 Å². The van der Waals surface area contributed by atoms with E-state index in [1.54, 1.807) is 0 Å². The number of aromatic nitrogens is 1. The molecule has 0 spiro atoms. The van der Waals surface area contributed by atoms with Gasteiger partial charge in [-0.2, -0.15) is 0 Å². The van der Waals surface area contributed by atoms with Gasteiger partial charge in [-0.15, -0.1) is 0 Å². The summed E-state index contributed by atoms with van der Waals surface area (Å²) < 4.78 is 5.94. The van der Waals surface area contributed by atoms with Crippen LogP contribution in [0.5, 0.6) is 5.75 Å². The van der Waals surface area contributed by atoms with Gasteiger partial charge < -0.3 is 14.7 Å². The highest BCUT2D eigenvalue weighted by molar-refractivity contribution is 6.31. The van der Waals surface area contributed by atoms with Crippen molar-refractivity contribution in [2.45, 2.75) is 6.10 Å². The average Bonchev–Trinajstić information content (AvgIpc) is 3.01. The van der Waals surface area contributed by atoms with E-state index in [0.717, 1.165) is 65.2 Å². The van der Waals surface area contributed by atoms with E-state index in [1.807, 2.05) is 66.7 Å². The van der Waals surface area contributed by atoms with E-state index in [1.165, 1.54) is 5.69 Å². The molecule has 0 bridgehead atoms. The minimum absolute atomic E-state index is 0.255. The summed E-state index contributed by atoms with van der Waals surface area (Å²) in [6.45, 7) is 4.63. The Hall–Kier alpha value is -3.90. The van der Waals surface area contributed by atoms with Gasteiger partial charge in [-0.3, -0.25) is 4.90 Å². The largest absolute Gasteiger partial charge is 0.491 e. The normalized spacial score (nSPS) is 14.8. The first kappa shape index (κ1) is 26.3. The molecule has 1 unspecified atom stereocenters. The summed E-state index contributed by atoms with van der Waals surface area (Å²) in [4.78, 5) is 9.62. The van der Waals surface area contributed by atoms with Crippen molar-refractivity contribution in [3.8, 4) is 28.1 Å². The lowest BCUT2D eigenvalue weighted by atomic mass is 9.98. The van der Waals surface area contributed by atoms with Crippen LogP contribution in [0.3, 0.4) is 0 Å². The zero-order valence-corrected chi connectivity index (χ0v) is 23.0. The number of halogens is 1. The molecule has 1 atom stereocenters. The maximum Gasteiger partial charge on any atom is 0.119 e. The maximum atomic E-state index is 10.6. The Balaban J connectivity index is 1.08. The fourth-order valence-corrected chi connectivity index (χ4v) is 5.47. The van der Waals surface area contributed by atoms with Gasteiger partial charge in [0.2, 0.25) is 0 Å². The van der Waals surface area contributed by atoms with Crippen molar-refractivity contribution in [3.05, 3.63) is 114 Å². The van der Waals surface area contributed by atoms with Gasteiger partial charge in [0.25, 0.3) is 0 Å². The van der Waals surface area contributed by atoms with Crippen molar-refractivity contribution in [3.63, 3.8) is 0 Å². The molecule has 1 aromatic heterocycles. The predicted octanol–water partition coefficient (Wildman–Crippen LogP) is 6.78. The highest BCUT2D eigenvalue weighted by Crippen LogP contribution is 2.34. The number of β-amino-alcohol motifs (C(OH)–C–C–N with tert-alkyl or cyclic N) is 1. The molecule has 0 amide bonds. The molecule has 2 heterocycles. The molecule has 202 valence electrons. The number of rotatable bonds is 8.